The Morgan fingerprint density at radius 2 is 1.55 bits per heavy atom. The molecule has 4 nitrogen and oxygen atoms in total. The zero-order chi connectivity index (χ0) is 15.9. The molecular formula is C18H15NO3. The lowest BCUT2D eigenvalue weighted by Crippen LogP contribution is -2.11. The number of benzene rings is 2. The van der Waals surface area contributed by atoms with Crippen LogP contribution in [-0.2, 0) is 9.53 Å². The van der Waals surface area contributed by atoms with Crippen LogP contribution in [0.2, 0.25) is 0 Å². The predicted molar refractivity (Wildman–Crippen MR) is 82.2 cm³/mol. The van der Waals surface area contributed by atoms with E-state index in [1.54, 1.807) is 31.2 Å². The van der Waals surface area contributed by atoms with E-state index < -0.39 is 5.97 Å². The van der Waals surface area contributed by atoms with Gasteiger partial charge in [-0.2, -0.15) is 5.26 Å². The molecule has 22 heavy (non-hydrogen) atoms. The van der Waals surface area contributed by atoms with Crippen LogP contribution in [0, 0.1) is 11.3 Å². The first-order valence-electron chi connectivity index (χ1n) is 6.93. The van der Waals surface area contributed by atoms with Gasteiger partial charge in [0.2, 0.25) is 0 Å². The molecule has 2 rings (SSSR count). The summed E-state index contributed by atoms with van der Waals surface area (Å²) in [6, 6.07) is 16.3. The van der Waals surface area contributed by atoms with Crippen LogP contribution >= 0.6 is 0 Å². The summed E-state index contributed by atoms with van der Waals surface area (Å²) in [5, 5.41) is 8.78. The topological polar surface area (TPSA) is 67.2 Å². The molecule has 0 radical (unpaired) electrons. The van der Waals surface area contributed by atoms with Gasteiger partial charge < -0.3 is 4.74 Å². The van der Waals surface area contributed by atoms with Crippen molar-refractivity contribution in [2.45, 2.75) is 13.3 Å². The quantitative estimate of drug-likeness (QED) is 0.481. The average Bonchev–Trinajstić information content (AvgIpc) is 2.55. The fourth-order valence-corrected chi connectivity index (χ4v) is 2.03. The van der Waals surface area contributed by atoms with Crippen molar-refractivity contribution in [2.24, 2.45) is 0 Å². The third-order valence-electron chi connectivity index (χ3n) is 3.16. The van der Waals surface area contributed by atoms with E-state index in [4.69, 9.17) is 10.00 Å². The van der Waals surface area contributed by atoms with Crippen LogP contribution in [0.3, 0.4) is 0 Å². The number of ketones is 1. The first-order chi connectivity index (χ1) is 10.6. The highest BCUT2D eigenvalue weighted by atomic mass is 16.5. The number of hydrogen-bond acceptors (Lipinski definition) is 4. The van der Waals surface area contributed by atoms with E-state index in [-0.39, 0.29) is 18.8 Å². The lowest BCUT2D eigenvalue weighted by atomic mass is 10.0. The second kappa shape index (κ2) is 7.19. The zero-order valence-electron chi connectivity index (χ0n) is 12.2. The third-order valence-corrected chi connectivity index (χ3v) is 3.16. The fraction of sp³-hybridized carbons (Fsp3) is 0.167. The molecule has 0 aliphatic carbocycles. The van der Waals surface area contributed by atoms with Crippen LogP contribution in [0.4, 0.5) is 0 Å². The van der Waals surface area contributed by atoms with Gasteiger partial charge in [-0.15, -0.1) is 0 Å². The van der Waals surface area contributed by atoms with Crippen LogP contribution in [0.1, 0.15) is 29.3 Å². The highest BCUT2D eigenvalue weighted by molar-refractivity contribution is 6.06. The number of ether oxygens (including phenoxy) is 1. The molecule has 0 amide bonds. The minimum Gasteiger partial charge on any atom is -0.466 e. The molecule has 0 N–H and O–H groups in total. The largest absolute Gasteiger partial charge is 0.466 e. The smallest absolute Gasteiger partial charge is 0.313 e. The van der Waals surface area contributed by atoms with Crippen molar-refractivity contribution in [1.29, 1.82) is 5.26 Å². The molecule has 2 aromatic rings. The molecule has 0 aromatic heterocycles. The van der Waals surface area contributed by atoms with E-state index in [1.807, 2.05) is 24.3 Å². The van der Waals surface area contributed by atoms with Crippen molar-refractivity contribution in [3.63, 3.8) is 0 Å². The maximum Gasteiger partial charge on any atom is 0.313 e. The Morgan fingerprint density at radius 3 is 2.05 bits per heavy atom. The molecule has 2 aromatic carbocycles. The number of Topliss-reactive ketones (excluding diaryl/α,β-unsaturated/α-hetero) is 1. The van der Waals surface area contributed by atoms with Gasteiger partial charge in [0.15, 0.2) is 5.78 Å². The number of carbonyl (C=O) groups excluding carboxylic acids is 2. The summed E-state index contributed by atoms with van der Waals surface area (Å²) in [7, 11) is 0. The van der Waals surface area contributed by atoms with Gasteiger partial charge in [-0.25, -0.2) is 0 Å². The van der Waals surface area contributed by atoms with E-state index in [0.717, 1.165) is 11.1 Å². The molecular weight excluding hydrogens is 278 g/mol. The number of hydrogen-bond donors (Lipinski definition) is 0. The maximum atomic E-state index is 11.9. The monoisotopic (exact) mass is 293 g/mol. The van der Waals surface area contributed by atoms with Gasteiger partial charge in [0.1, 0.15) is 6.42 Å². The van der Waals surface area contributed by atoms with Crippen LogP contribution in [-0.4, -0.2) is 18.4 Å². The van der Waals surface area contributed by atoms with Gasteiger partial charge in [0.25, 0.3) is 0 Å². The van der Waals surface area contributed by atoms with Gasteiger partial charge in [0, 0.05) is 5.56 Å². The zero-order valence-corrected chi connectivity index (χ0v) is 12.2. The first-order valence-corrected chi connectivity index (χ1v) is 6.93. The molecule has 0 heterocycles. The molecule has 4 heteroatoms. The minimum absolute atomic E-state index is 0.246. The van der Waals surface area contributed by atoms with Crippen molar-refractivity contribution >= 4 is 11.8 Å². The molecule has 0 saturated heterocycles. The Balaban J connectivity index is 2.11. The first kappa shape index (κ1) is 15.5. The number of nitrogens with zero attached hydrogens (tertiary/aromatic N) is 1. The number of esters is 1. The Bertz CT molecular complexity index is 709. The highest BCUT2D eigenvalue weighted by Gasteiger charge is 2.12. The van der Waals surface area contributed by atoms with E-state index in [1.165, 1.54) is 0 Å². The fourth-order valence-electron chi connectivity index (χ4n) is 2.03. The van der Waals surface area contributed by atoms with Crippen molar-refractivity contribution in [3.8, 4) is 17.2 Å². The molecule has 0 spiro atoms. The summed E-state index contributed by atoms with van der Waals surface area (Å²) >= 11 is 0. The minimum atomic E-state index is -0.510. The summed E-state index contributed by atoms with van der Waals surface area (Å²) in [6.45, 7) is 1.97. The molecule has 0 aliphatic rings. The molecule has 0 bridgehead atoms. The van der Waals surface area contributed by atoms with Gasteiger partial charge >= 0.3 is 5.97 Å². The number of rotatable bonds is 5. The predicted octanol–water partition coefficient (Wildman–Crippen LogP) is 3.36. The molecule has 0 aliphatic heterocycles. The summed E-state index contributed by atoms with van der Waals surface area (Å²) in [4.78, 5) is 23.2. The van der Waals surface area contributed by atoms with E-state index >= 15 is 0 Å². The Labute approximate surface area is 129 Å². The standard InChI is InChI=1S/C18H15NO3/c1-2-22-18(21)11-17(20)16-9-7-15(8-10-16)14-5-3-13(12-19)4-6-14/h3-10H,2,11H2,1H3. The molecule has 0 saturated carbocycles. The van der Waals surface area contributed by atoms with Crippen LogP contribution < -0.4 is 0 Å². The Kier molecular flexibility index (Phi) is 5.05. The van der Waals surface area contributed by atoms with Gasteiger partial charge in [-0.1, -0.05) is 36.4 Å². The SMILES string of the molecule is CCOC(=O)CC(=O)c1ccc(-c2ccc(C#N)cc2)cc1. The van der Waals surface area contributed by atoms with Crippen molar-refractivity contribution in [3.05, 3.63) is 59.7 Å². The second-order valence-electron chi connectivity index (χ2n) is 4.67. The van der Waals surface area contributed by atoms with E-state index in [9.17, 15) is 9.59 Å². The summed E-state index contributed by atoms with van der Waals surface area (Å²) in [5.74, 6) is -0.770. The van der Waals surface area contributed by atoms with Gasteiger partial charge in [0.05, 0.1) is 18.2 Å². The van der Waals surface area contributed by atoms with Crippen LogP contribution in [0.25, 0.3) is 11.1 Å². The summed E-state index contributed by atoms with van der Waals surface area (Å²) in [6.07, 6.45) is -0.246. The Morgan fingerprint density at radius 1 is 1.00 bits per heavy atom. The highest BCUT2D eigenvalue weighted by Crippen LogP contribution is 2.20. The molecule has 0 unspecified atom stereocenters. The average molecular weight is 293 g/mol. The number of carbonyl (C=O) groups is 2. The Hall–Kier alpha value is -2.93. The normalized spacial score (nSPS) is 9.82. The summed E-state index contributed by atoms with van der Waals surface area (Å²) < 4.78 is 4.76. The van der Waals surface area contributed by atoms with E-state index in [0.29, 0.717) is 11.1 Å². The number of nitriles is 1. The van der Waals surface area contributed by atoms with Gasteiger partial charge in [-0.3, -0.25) is 9.59 Å². The molecule has 0 fully saturated rings. The van der Waals surface area contributed by atoms with Crippen LogP contribution in [0.15, 0.2) is 48.5 Å². The van der Waals surface area contributed by atoms with E-state index in [2.05, 4.69) is 6.07 Å². The third kappa shape index (κ3) is 3.80. The maximum absolute atomic E-state index is 11.9. The molecule has 110 valence electrons. The summed E-state index contributed by atoms with van der Waals surface area (Å²) in [5.41, 5.74) is 2.98. The van der Waals surface area contributed by atoms with Crippen molar-refractivity contribution < 1.29 is 14.3 Å². The lowest BCUT2D eigenvalue weighted by Gasteiger charge is -2.04. The van der Waals surface area contributed by atoms with Crippen molar-refractivity contribution in [2.75, 3.05) is 6.61 Å². The van der Waals surface area contributed by atoms with Crippen molar-refractivity contribution in [1.82, 2.24) is 0 Å². The van der Waals surface area contributed by atoms with Crippen LogP contribution in [0.5, 0.6) is 0 Å². The second-order valence-corrected chi connectivity index (χ2v) is 4.67. The van der Waals surface area contributed by atoms with Gasteiger partial charge in [-0.05, 0) is 30.2 Å². The molecule has 0 atom stereocenters. The lowest BCUT2D eigenvalue weighted by molar-refractivity contribution is -0.141.